The summed E-state index contributed by atoms with van der Waals surface area (Å²) < 4.78 is 0. The summed E-state index contributed by atoms with van der Waals surface area (Å²) in [5, 5.41) is 28.0. The molecule has 0 saturated carbocycles. The van der Waals surface area contributed by atoms with Gasteiger partial charge >= 0.3 is 0 Å². The molecule has 1 aromatic carbocycles. The number of hydrogen-bond acceptors (Lipinski definition) is 3. The quantitative estimate of drug-likeness (QED) is 0.653. The van der Waals surface area contributed by atoms with E-state index in [0.29, 0.717) is 6.42 Å². The van der Waals surface area contributed by atoms with Crippen LogP contribution in [0.2, 0.25) is 0 Å². The molecule has 3 nitrogen and oxygen atoms in total. The molecule has 15 heavy (non-hydrogen) atoms. The molecular formula is C12H18O3. The van der Waals surface area contributed by atoms with E-state index >= 15 is 0 Å². The molecule has 0 heterocycles. The molecule has 1 atom stereocenters. The highest BCUT2D eigenvalue weighted by Gasteiger charge is 2.07. The first kappa shape index (κ1) is 11.9. The second kappa shape index (κ2) is 5.61. The maximum Gasteiger partial charge on any atom is 0.157 e. The van der Waals surface area contributed by atoms with Crippen LogP contribution >= 0.6 is 0 Å². The first-order chi connectivity index (χ1) is 7.13. The lowest BCUT2D eigenvalue weighted by atomic mass is 10.0. The van der Waals surface area contributed by atoms with E-state index in [4.69, 9.17) is 5.11 Å². The lowest BCUT2D eigenvalue weighted by Gasteiger charge is -2.10. The summed E-state index contributed by atoms with van der Waals surface area (Å²) in [6, 6.07) is 4.64. The first-order valence-corrected chi connectivity index (χ1v) is 5.32. The van der Waals surface area contributed by atoms with Gasteiger partial charge in [0.15, 0.2) is 11.5 Å². The fourth-order valence-corrected chi connectivity index (χ4v) is 1.51. The summed E-state index contributed by atoms with van der Waals surface area (Å²) in [4.78, 5) is 0. The normalized spacial score (nSPS) is 12.7. The van der Waals surface area contributed by atoms with Crippen molar-refractivity contribution >= 4 is 0 Å². The minimum atomic E-state index is -0.367. The van der Waals surface area contributed by atoms with Crippen LogP contribution in [0, 0.1) is 0 Å². The number of hydrogen-bond donors (Lipinski definition) is 3. The molecule has 0 fully saturated rings. The van der Waals surface area contributed by atoms with Crippen LogP contribution in [0.4, 0.5) is 0 Å². The SMILES string of the molecule is CCCCC(O)Cc1ccc(O)c(O)c1. The number of aromatic hydroxyl groups is 2. The summed E-state index contributed by atoms with van der Waals surface area (Å²) in [7, 11) is 0. The van der Waals surface area contributed by atoms with Gasteiger partial charge in [-0.3, -0.25) is 0 Å². The van der Waals surface area contributed by atoms with E-state index in [9.17, 15) is 10.2 Å². The molecule has 84 valence electrons. The van der Waals surface area contributed by atoms with Crippen molar-refractivity contribution in [2.75, 3.05) is 0 Å². The van der Waals surface area contributed by atoms with E-state index in [1.54, 1.807) is 6.07 Å². The summed E-state index contributed by atoms with van der Waals surface area (Å²) >= 11 is 0. The Kier molecular flexibility index (Phi) is 4.43. The molecular weight excluding hydrogens is 192 g/mol. The predicted molar refractivity (Wildman–Crippen MR) is 59.0 cm³/mol. The van der Waals surface area contributed by atoms with Gasteiger partial charge in [0.25, 0.3) is 0 Å². The van der Waals surface area contributed by atoms with E-state index in [-0.39, 0.29) is 17.6 Å². The van der Waals surface area contributed by atoms with Crippen LogP contribution in [0.1, 0.15) is 31.7 Å². The topological polar surface area (TPSA) is 60.7 Å². The molecule has 1 unspecified atom stereocenters. The predicted octanol–water partition coefficient (Wildman–Crippen LogP) is 2.19. The van der Waals surface area contributed by atoms with Crippen LogP contribution in [0.15, 0.2) is 18.2 Å². The Hall–Kier alpha value is -1.22. The van der Waals surface area contributed by atoms with Gasteiger partial charge in [0.2, 0.25) is 0 Å². The highest BCUT2D eigenvalue weighted by molar-refractivity contribution is 5.40. The van der Waals surface area contributed by atoms with Gasteiger partial charge in [0.1, 0.15) is 0 Å². The minimum absolute atomic E-state index is 0.123. The molecule has 1 rings (SSSR count). The molecule has 0 amide bonds. The van der Waals surface area contributed by atoms with Crippen molar-refractivity contribution in [3.05, 3.63) is 23.8 Å². The zero-order chi connectivity index (χ0) is 11.3. The zero-order valence-electron chi connectivity index (χ0n) is 8.98. The Morgan fingerprint density at radius 3 is 2.53 bits per heavy atom. The fraction of sp³-hybridized carbons (Fsp3) is 0.500. The lowest BCUT2D eigenvalue weighted by Crippen LogP contribution is -2.09. The Morgan fingerprint density at radius 2 is 1.93 bits per heavy atom. The molecule has 1 aromatic rings. The van der Waals surface area contributed by atoms with Gasteiger partial charge in [-0.25, -0.2) is 0 Å². The monoisotopic (exact) mass is 210 g/mol. The summed E-state index contributed by atoms with van der Waals surface area (Å²) in [6.07, 6.45) is 3.00. The Bertz CT molecular complexity index is 310. The summed E-state index contributed by atoms with van der Waals surface area (Å²) in [5.74, 6) is -0.253. The second-order valence-electron chi connectivity index (χ2n) is 3.82. The molecule has 0 saturated heterocycles. The number of phenols is 2. The third-order valence-electron chi connectivity index (χ3n) is 2.40. The molecule has 3 N–H and O–H groups in total. The molecule has 3 heteroatoms. The van der Waals surface area contributed by atoms with Crippen LogP contribution in [0.5, 0.6) is 11.5 Å². The molecule has 0 radical (unpaired) electrons. The molecule has 0 spiro atoms. The smallest absolute Gasteiger partial charge is 0.157 e. The molecule has 0 aromatic heterocycles. The number of phenolic OH excluding ortho intramolecular Hbond substituents is 2. The number of aliphatic hydroxyl groups is 1. The molecule has 0 aliphatic heterocycles. The Labute approximate surface area is 90.0 Å². The third-order valence-corrected chi connectivity index (χ3v) is 2.40. The Morgan fingerprint density at radius 1 is 1.20 bits per heavy atom. The summed E-state index contributed by atoms with van der Waals surface area (Å²) in [5.41, 5.74) is 0.842. The maximum absolute atomic E-state index is 9.65. The van der Waals surface area contributed by atoms with E-state index in [1.807, 2.05) is 0 Å². The molecule has 0 aliphatic carbocycles. The van der Waals surface area contributed by atoms with E-state index in [0.717, 1.165) is 24.8 Å². The van der Waals surface area contributed by atoms with Crippen LogP contribution in [0.25, 0.3) is 0 Å². The highest BCUT2D eigenvalue weighted by atomic mass is 16.3. The lowest BCUT2D eigenvalue weighted by molar-refractivity contribution is 0.161. The number of aliphatic hydroxyl groups excluding tert-OH is 1. The van der Waals surface area contributed by atoms with Gasteiger partial charge in [0.05, 0.1) is 6.10 Å². The minimum Gasteiger partial charge on any atom is -0.504 e. The van der Waals surface area contributed by atoms with Crippen molar-refractivity contribution in [3.8, 4) is 11.5 Å². The first-order valence-electron chi connectivity index (χ1n) is 5.32. The highest BCUT2D eigenvalue weighted by Crippen LogP contribution is 2.25. The van der Waals surface area contributed by atoms with Gasteiger partial charge in [-0.1, -0.05) is 25.8 Å². The van der Waals surface area contributed by atoms with Crippen molar-refractivity contribution in [2.45, 2.75) is 38.7 Å². The van der Waals surface area contributed by atoms with Crippen molar-refractivity contribution in [1.29, 1.82) is 0 Å². The Balaban J connectivity index is 2.53. The number of rotatable bonds is 5. The van der Waals surface area contributed by atoms with Gasteiger partial charge in [-0.05, 0) is 30.5 Å². The summed E-state index contributed by atoms with van der Waals surface area (Å²) in [6.45, 7) is 2.08. The molecule has 0 aliphatic rings. The largest absolute Gasteiger partial charge is 0.504 e. The zero-order valence-corrected chi connectivity index (χ0v) is 8.98. The van der Waals surface area contributed by atoms with Crippen molar-refractivity contribution in [2.24, 2.45) is 0 Å². The van der Waals surface area contributed by atoms with Crippen LogP contribution in [0.3, 0.4) is 0 Å². The van der Waals surface area contributed by atoms with Gasteiger partial charge < -0.3 is 15.3 Å². The van der Waals surface area contributed by atoms with Gasteiger partial charge in [-0.15, -0.1) is 0 Å². The van der Waals surface area contributed by atoms with Crippen LogP contribution in [-0.4, -0.2) is 21.4 Å². The van der Waals surface area contributed by atoms with Crippen molar-refractivity contribution in [3.63, 3.8) is 0 Å². The number of benzene rings is 1. The van der Waals surface area contributed by atoms with E-state index < -0.39 is 0 Å². The van der Waals surface area contributed by atoms with Gasteiger partial charge in [0, 0.05) is 0 Å². The van der Waals surface area contributed by atoms with Gasteiger partial charge in [-0.2, -0.15) is 0 Å². The third kappa shape index (κ3) is 3.80. The fourth-order valence-electron chi connectivity index (χ4n) is 1.51. The molecule has 0 bridgehead atoms. The van der Waals surface area contributed by atoms with E-state index in [1.165, 1.54) is 12.1 Å². The average Bonchev–Trinajstić information content (AvgIpc) is 2.20. The van der Waals surface area contributed by atoms with E-state index in [2.05, 4.69) is 6.92 Å². The standard InChI is InChI=1S/C12H18O3/c1-2-3-4-10(13)7-9-5-6-11(14)12(15)8-9/h5-6,8,10,13-15H,2-4,7H2,1H3. The van der Waals surface area contributed by atoms with Crippen LogP contribution in [-0.2, 0) is 6.42 Å². The van der Waals surface area contributed by atoms with Crippen molar-refractivity contribution in [1.82, 2.24) is 0 Å². The number of unbranched alkanes of at least 4 members (excludes halogenated alkanes) is 1. The maximum atomic E-state index is 9.65. The van der Waals surface area contributed by atoms with Crippen molar-refractivity contribution < 1.29 is 15.3 Å². The second-order valence-corrected chi connectivity index (χ2v) is 3.82. The average molecular weight is 210 g/mol. The van der Waals surface area contributed by atoms with Crippen LogP contribution < -0.4 is 0 Å².